The van der Waals surface area contributed by atoms with Crippen LogP contribution in [0.3, 0.4) is 0 Å². The number of benzene rings is 3. The average Bonchev–Trinajstić information content (AvgIpc) is 2.83. The second-order valence-corrected chi connectivity index (χ2v) is 8.86. The fourth-order valence-corrected chi connectivity index (χ4v) is 4.52. The molecule has 1 heterocycles. The molecular formula is C26H26N2O3S. The topological polar surface area (TPSA) is 58.6 Å². The van der Waals surface area contributed by atoms with Crippen LogP contribution < -0.4 is 15.0 Å². The molecule has 32 heavy (non-hydrogen) atoms. The highest BCUT2D eigenvalue weighted by atomic mass is 32.2. The lowest BCUT2D eigenvalue weighted by atomic mass is 9.82. The van der Waals surface area contributed by atoms with Crippen LogP contribution in [0.5, 0.6) is 5.75 Å². The molecule has 1 N–H and O–H groups in total. The molecule has 3 aromatic rings. The molecule has 3 aromatic carbocycles. The highest BCUT2D eigenvalue weighted by Gasteiger charge is 2.47. The van der Waals surface area contributed by atoms with E-state index in [-0.39, 0.29) is 11.8 Å². The number of hydrogen-bond donors (Lipinski definition) is 1. The lowest BCUT2D eigenvalue weighted by molar-refractivity contribution is -0.126. The first-order valence-electron chi connectivity index (χ1n) is 10.4. The van der Waals surface area contributed by atoms with Gasteiger partial charge in [0.2, 0.25) is 5.91 Å². The number of nitrogens with one attached hydrogen (secondary N) is 1. The number of carbonyl (C=O) groups excluding carboxylic acids is 2. The molecule has 0 aliphatic carbocycles. The quantitative estimate of drug-likeness (QED) is 0.558. The molecule has 0 spiro atoms. The van der Waals surface area contributed by atoms with Gasteiger partial charge >= 0.3 is 0 Å². The third-order valence-corrected chi connectivity index (χ3v) is 6.65. The van der Waals surface area contributed by atoms with Crippen LogP contribution in [0, 0.1) is 0 Å². The minimum atomic E-state index is -1.06. The van der Waals surface area contributed by atoms with E-state index in [1.807, 2.05) is 86.0 Å². The number of hydrogen-bond acceptors (Lipinski definition) is 4. The summed E-state index contributed by atoms with van der Waals surface area (Å²) in [5.74, 6) is 0.414. The smallest absolute Gasteiger partial charge is 0.259 e. The number of thioether (sulfide) groups is 1. The first-order chi connectivity index (χ1) is 15.5. The highest BCUT2D eigenvalue weighted by molar-refractivity contribution is 7.98. The van der Waals surface area contributed by atoms with Gasteiger partial charge in [0.15, 0.2) is 0 Å². The maximum Gasteiger partial charge on any atom is 0.259 e. The Labute approximate surface area is 192 Å². The Balaban J connectivity index is 1.66. The maximum absolute atomic E-state index is 13.6. The number of methoxy groups -OCH3 is 1. The van der Waals surface area contributed by atoms with Crippen molar-refractivity contribution in [2.45, 2.75) is 30.3 Å². The molecule has 1 unspecified atom stereocenters. The molecule has 0 radical (unpaired) electrons. The minimum Gasteiger partial charge on any atom is -0.497 e. The summed E-state index contributed by atoms with van der Waals surface area (Å²) in [5.41, 5.74) is 2.14. The summed E-state index contributed by atoms with van der Waals surface area (Å²) in [6, 6.07) is 22.9. The van der Waals surface area contributed by atoms with Crippen LogP contribution in [0.2, 0.25) is 0 Å². The molecule has 0 fully saturated rings. The molecule has 5 nitrogen and oxygen atoms in total. The lowest BCUT2D eigenvalue weighted by Crippen LogP contribution is -2.63. The summed E-state index contributed by atoms with van der Waals surface area (Å²) in [6.07, 6.45) is 2.45. The van der Waals surface area contributed by atoms with Crippen LogP contribution in [0.4, 0.5) is 5.69 Å². The van der Waals surface area contributed by atoms with Crippen LogP contribution in [0.1, 0.15) is 28.4 Å². The standard InChI is InChI=1S/C26H26N2O3S/c1-26(25(30)27-17-18-8-12-21(31-2)13-9-18)16-19-6-4-5-7-23(19)24(29)28(26)20-10-14-22(32-3)15-11-20/h4-15H,16-17H2,1-3H3,(H,27,30). The van der Waals surface area contributed by atoms with Crippen molar-refractivity contribution in [1.29, 1.82) is 0 Å². The van der Waals surface area contributed by atoms with E-state index in [9.17, 15) is 9.59 Å². The van der Waals surface area contributed by atoms with Gasteiger partial charge in [-0.25, -0.2) is 0 Å². The zero-order chi connectivity index (χ0) is 22.7. The first-order valence-corrected chi connectivity index (χ1v) is 11.7. The summed E-state index contributed by atoms with van der Waals surface area (Å²) >= 11 is 1.64. The molecule has 0 saturated carbocycles. The Morgan fingerprint density at radius 2 is 1.75 bits per heavy atom. The lowest BCUT2D eigenvalue weighted by Gasteiger charge is -2.44. The van der Waals surface area contributed by atoms with Gasteiger partial charge in [-0.2, -0.15) is 0 Å². The van der Waals surface area contributed by atoms with Crippen molar-refractivity contribution < 1.29 is 14.3 Å². The van der Waals surface area contributed by atoms with Crippen molar-refractivity contribution >= 4 is 29.3 Å². The van der Waals surface area contributed by atoms with Crippen molar-refractivity contribution in [3.8, 4) is 5.75 Å². The van der Waals surface area contributed by atoms with Crippen molar-refractivity contribution in [3.05, 3.63) is 89.5 Å². The van der Waals surface area contributed by atoms with Crippen LogP contribution in [-0.2, 0) is 17.8 Å². The molecular weight excluding hydrogens is 420 g/mol. The van der Waals surface area contributed by atoms with Gasteiger partial charge in [-0.3, -0.25) is 14.5 Å². The number of anilines is 1. The predicted octanol–water partition coefficient (Wildman–Crippen LogP) is 4.70. The van der Waals surface area contributed by atoms with Gasteiger partial charge < -0.3 is 10.1 Å². The number of rotatable bonds is 6. The van der Waals surface area contributed by atoms with E-state index in [1.54, 1.807) is 23.8 Å². The van der Waals surface area contributed by atoms with E-state index in [1.165, 1.54) is 0 Å². The zero-order valence-electron chi connectivity index (χ0n) is 18.4. The average molecular weight is 447 g/mol. The Kier molecular flexibility index (Phi) is 6.24. The summed E-state index contributed by atoms with van der Waals surface area (Å²) in [4.78, 5) is 29.9. The molecule has 1 aliphatic rings. The minimum absolute atomic E-state index is 0.161. The number of nitrogens with zero attached hydrogens (tertiary/aromatic N) is 1. The maximum atomic E-state index is 13.6. The van der Waals surface area contributed by atoms with E-state index in [0.717, 1.165) is 21.8 Å². The molecule has 1 atom stereocenters. The summed E-state index contributed by atoms with van der Waals surface area (Å²) < 4.78 is 5.20. The number of ether oxygens (including phenoxy) is 1. The van der Waals surface area contributed by atoms with Gasteiger partial charge in [-0.05, 0) is 66.8 Å². The van der Waals surface area contributed by atoms with E-state index >= 15 is 0 Å². The van der Waals surface area contributed by atoms with Crippen molar-refractivity contribution in [2.24, 2.45) is 0 Å². The van der Waals surface area contributed by atoms with Gasteiger partial charge in [0, 0.05) is 29.1 Å². The molecule has 164 valence electrons. The van der Waals surface area contributed by atoms with Gasteiger partial charge in [-0.1, -0.05) is 30.3 Å². The zero-order valence-corrected chi connectivity index (χ0v) is 19.2. The number of fused-ring (bicyclic) bond motifs is 1. The second kappa shape index (κ2) is 9.09. The summed E-state index contributed by atoms with van der Waals surface area (Å²) in [7, 11) is 1.62. The van der Waals surface area contributed by atoms with Gasteiger partial charge in [0.1, 0.15) is 11.3 Å². The molecule has 0 bridgehead atoms. The van der Waals surface area contributed by atoms with Crippen LogP contribution >= 0.6 is 11.8 Å². The van der Waals surface area contributed by atoms with Crippen molar-refractivity contribution in [2.75, 3.05) is 18.3 Å². The predicted molar refractivity (Wildman–Crippen MR) is 128 cm³/mol. The molecule has 0 saturated heterocycles. The number of carbonyl (C=O) groups is 2. The molecule has 0 aromatic heterocycles. The van der Waals surface area contributed by atoms with Gasteiger partial charge in [0.05, 0.1) is 7.11 Å². The van der Waals surface area contributed by atoms with Crippen LogP contribution in [0.25, 0.3) is 0 Å². The van der Waals surface area contributed by atoms with E-state index < -0.39 is 5.54 Å². The van der Waals surface area contributed by atoms with E-state index in [0.29, 0.717) is 24.2 Å². The Morgan fingerprint density at radius 3 is 2.41 bits per heavy atom. The Morgan fingerprint density at radius 1 is 1.06 bits per heavy atom. The second-order valence-electron chi connectivity index (χ2n) is 7.98. The molecule has 4 rings (SSSR count). The SMILES string of the molecule is COc1ccc(CNC(=O)C2(C)Cc3ccccc3C(=O)N2c2ccc(SC)cc2)cc1. The van der Waals surface area contributed by atoms with Gasteiger partial charge in [-0.15, -0.1) is 11.8 Å². The van der Waals surface area contributed by atoms with Crippen LogP contribution in [0.15, 0.2) is 77.7 Å². The van der Waals surface area contributed by atoms with Crippen molar-refractivity contribution in [1.82, 2.24) is 5.32 Å². The molecule has 1 aliphatic heterocycles. The van der Waals surface area contributed by atoms with Gasteiger partial charge in [0.25, 0.3) is 5.91 Å². The summed E-state index contributed by atoms with van der Waals surface area (Å²) in [5, 5.41) is 3.04. The summed E-state index contributed by atoms with van der Waals surface area (Å²) in [6.45, 7) is 2.21. The monoisotopic (exact) mass is 446 g/mol. The number of amides is 2. The fourth-order valence-electron chi connectivity index (χ4n) is 4.11. The third kappa shape index (κ3) is 4.10. The highest BCUT2D eigenvalue weighted by Crippen LogP contribution is 2.36. The molecule has 2 amide bonds. The first kappa shape index (κ1) is 22.0. The Hall–Kier alpha value is -3.25. The third-order valence-electron chi connectivity index (χ3n) is 5.91. The Bertz CT molecular complexity index is 1130. The molecule has 6 heteroatoms. The largest absolute Gasteiger partial charge is 0.497 e. The van der Waals surface area contributed by atoms with E-state index in [4.69, 9.17) is 4.74 Å². The fraction of sp³-hybridized carbons (Fsp3) is 0.231. The normalized spacial score (nSPS) is 17.6. The van der Waals surface area contributed by atoms with Crippen molar-refractivity contribution in [3.63, 3.8) is 0 Å². The van der Waals surface area contributed by atoms with Crippen LogP contribution in [-0.4, -0.2) is 30.7 Å². The van der Waals surface area contributed by atoms with E-state index in [2.05, 4.69) is 5.32 Å².